The van der Waals surface area contributed by atoms with Crippen LogP contribution in [0.1, 0.15) is 66.3 Å². The van der Waals surface area contributed by atoms with Crippen molar-refractivity contribution >= 4 is 21.6 Å². The fourth-order valence-electron chi connectivity index (χ4n) is 3.48. The minimum Gasteiger partial charge on any atom is -0.495 e. The number of carbonyl (C=O) groups is 1. The van der Waals surface area contributed by atoms with E-state index in [4.69, 9.17) is 9.26 Å². The van der Waals surface area contributed by atoms with Crippen molar-refractivity contribution in [3.05, 3.63) is 65.3 Å². The number of aryl methyl sites for hydroxylation is 1. The van der Waals surface area contributed by atoms with Crippen LogP contribution >= 0.6 is 0 Å². The first-order valence-electron chi connectivity index (χ1n) is 11.1. The van der Waals surface area contributed by atoms with E-state index in [0.717, 1.165) is 18.4 Å². The molecule has 1 amide bonds. The summed E-state index contributed by atoms with van der Waals surface area (Å²) < 4.78 is 39.4. The van der Waals surface area contributed by atoms with Crippen LogP contribution in [0.15, 0.2) is 51.9 Å². The van der Waals surface area contributed by atoms with E-state index in [2.05, 4.69) is 20.2 Å². The van der Waals surface area contributed by atoms with Crippen molar-refractivity contribution in [1.82, 2.24) is 15.5 Å². The molecule has 9 nitrogen and oxygen atoms in total. The molecule has 3 aromatic rings. The lowest BCUT2D eigenvalue weighted by atomic mass is 10.0. The Kier molecular flexibility index (Phi) is 6.60. The van der Waals surface area contributed by atoms with Crippen molar-refractivity contribution < 1.29 is 22.5 Å². The number of aromatic nitrogens is 2. The topological polar surface area (TPSA) is 123 Å². The summed E-state index contributed by atoms with van der Waals surface area (Å²) in [6, 6.07) is 10.7. The quantitative estimate of drug-likeness (QED) is 0.467. The molecule has 0 radical (unpaired) electrons. The van der Waals surface area contributed by atoms with Gasteiger partial charge in [0, 0.05) is 17.2 Å². The van der Waals surface area contributed by atoms with Gasteiger partial charge in [0.1, 0.15) is 16.7 Å². The van der Waals surface area contributed by atoms with Crippen LogP contribution in [0.3, 0.4) is 0 Å². The SMILES string of the molecule is COc1ccc(C(=O)NC(c2nc(C3CC3)no2)C(C)C)cc1S(=O)(=O)Nc1ccc(C)cc1. The Hall–Kier alpha value is -3.40. The molecule has 1 aromatic heterocycles. The fourth-order valence-corrected chi connectivity index (χ4v) is 4.73. The van der Waals surface area contributed by atoms with Crippen molar-refractivity contribution in [2.24, 2.45) is 5.92 Å². The highest BCUT2D eigenvalue weighted by molar-refractivity contribution is 7.92. The van der Waals surface area contributed by atoms with Crippen molar-refractivity contribution in [1.29, 1.82) is 0 Å². The third kappa shape index (κ3) is 5.22. The molecule has 1 saturated carbocycles. The molecule has 4 rings (SSSR count). The van der Waals surface area contributed by atoms with Gasteiger partial charge >= 0.3 is 0 Å². The van der Waals surface area contributed by atoms with Crippen LogP contribution in [-0.4, -0.2) is 31.6 Å². The standard InChI is InChI=1S/C24H28N4O5S/c1-14(2)21(24-26-22(27-33-24)16-7-8-16)25-23(29)17-9-12-19(32-4)20(13-17)34(30,31)28-18-10-5-15(3)6-11-18/h5-6,9-14,16,21,28H,7-8H2,1-4H3,(H,25,29). The molecule has 1 heterocycles. The van der Waals surface area contributed by atoms with Gasteiger partial charge < -0.3 is 14.6 Å². The molecule has 180 valence electrons. The third-order valence-corrected chi connectivity index (χ3v) is 7.04. The van der Waals surface area contributed by atoms with Gasteiger partial charge in [0.2, 0.25) is 5.89 Å². The van der Waals surface area contributed by atoms with E-state index < -0.39 is 22.0 Å². The zero-order valence-corrected chi connectivity index (χ0v) is 20.3. The molecular formula is C24H28N4O5S. The van der Waals surface area contributed by atoms with Crippen molar-refractivity contribution in [3.63, 3.8) is 0 Å². The molecule has 2 N–H and O–H groups in total. The molecule has 2 aromatic carbocycles. The first-order chi connectivity index (χ1) is 16.2. The number of rotatable bonds is 9. The maximum Gasteiger partial charge on any atom is 0.265 e. The third-order valence-electron chi connectivity index (χ3n) is 5.64. The van der Waals surface area contributed by atoms with Gasteiger partial charge in [0.05, 0.1) is 7.11 Å². The molecule has 1 unspecified atom stereocenters. The van der Waals surface area contributed by atoms with Gasteiger partial charge in [-0.2, -0.15) is 4.98 Å². The lowest BCUT2D eigenvalue weighted by Gasteiger charge is -2.19. The smallest absolute Gasteiger partial charge is 0.265 e. The fraction of sp³-hybridized carbons (Fsp3) is 0.375. The Bertz CT molecular complexity index is 1280. The van der Waals surface area contributed by atoms with Gasteiger partial charge in [-0.1, -0.05) is 36.7 Å². The number of benzene rings is 2. The molecule has 1 aliphatic carbocycles. The number of methoxy groups -OCH3 is 1. The Balaban J connectivity index is 1.59. The number of hydrogen-bond donors (Lipinski definition) is 2. The first-order valence-corrected chi connectivity index (χ1v) is 12.6. The Morgan fingerprint density at radius 3 is 2.47 bits per heavy atom. The summed E-state index contributed by atoms with van der Waals surface area (Å²) in [7, 11) is -2.64. The summed E-state index contributed by atoms with van der Waals surface area (Å²) in [5.41, 5.74) is 1.58. The number of carbonyl (C=O) groups excluding carboxylic acids is 1. The highest BCUT2D eigenvalue weighted by atomic mass is 32.2. The number of hydrogen-bond acceptors (Lipinski definition) is 7. The summed E-state index contributed by atoms with van der Waals surface area (Å²) >= 11 is 0. The van der Waals surface area contributed by atoms with Gasteiger partial charge in [0.25, 0.3) is 15.9 Å². The van der Waals surface area contributed by atoms with E-state index in [-0.39, 0.29) is 22.1 Å². The molecule has 34 heavy (non-hydrogen) atoms. The summed E-state index contributed by atoms with van der Waals surface area (Å²) in [6.45, 7) is 5.78. The average Bonchev–Trinajstić information content (AvgIpc) is 3.55. The van der Waals surface area contributed by atoms with Crippen LogP contribution in [0.2, 0.25) is 0 Å². The average molecular weight is 485 g/mol. The highest BCUT2D eigenvalue weighted by Gasteiger charge is 2.32. The zero-order chi connectivity index (χ0) is 24.5. The molecule has 1 aliphatic rings. The molecule has 0 aliphatic heterocycles. The maximum atomic E-state index is 13.1. The van der Waals surface area contributed by atoms with Crippen LogP contribution in [0.5, 0.6) is 5.75 Å². The molecule has 0 bridgehead atoms. The summed E-state index contributed by atoms with van der Waals surface area (Å²) in [5.74, 6) is 0.974. The van der Waals surface area contributed by atoms with Crippen molar-refractivity contribution in [2.75, 3.05) is 11.8 Å². The second-order valence-electron chi connectivity index (χ2n) is 8.80. The van der Waals surface area contributed by atoms with E-state index in [9.17, 15) is 13.2 Å². The van der Waals surface area contributed by atoms with Crippen LogP contribution in [0, 0.1) is 12.8 Å². The number of anilines is 1. The number of nitrogens with zero attached hydrogens (tertiary/aromatic N) is 2. The predicted molar refractivity (Wildman–Crippen MR) is 126 cm³/mol. The van der Waals surface area contributed by atoms with Crippen molar-refractivity contribution in [2.45, 2.75) is 50.5 Å². The van der Waals surface area contributed by atoms with Gasteiger partial charge in [0.15, 0.2) is 5.82 Å². The van der Waals surface area contributed by atoms with Crippen LogP contribution in [-0.2, 0) is 10.0 Å². The van der Waals surface area contributed by atoms with Gasteiger partial charge in [-0.15, -0.1) is 0 Å². The minimum atomic E-state index is -4.02. The minimum absolute atomic E-state index is 0.0268. The molecule has 10 heteroatoms. The number of nitrogens with one attached hydrogen (secondary N) is 2. The Morgan fingerprint density at radius 2 is 1.85 bits per heavy atom. The van der Waals surface area contributed by atoms with Crippen LogP contribution < -0.4 is 14.8 Å². The van der Waals surface area contributed by atoms with Crippen molar-refractivity contribution in [3.8, 4) is 5.75 Å². The zero-order valence-electron chi connectivity index (χ0n) is 19.5. The van der Waals surface area contributed by atoms with E-state index in [1.54, 1.807) is 24.3 Å². The van der Waals surface area contributed by atoms with E-state index in [0.29, 0.717) is 23.3 Å². The largest absolute Gasteiger partial charge is 0.495 e. The van der Waals surface area contributed by atoms with E-state index in [1.165, 1.54) is 25.3 Å². The van der Waals surface area contributed by atoms with Crippen LogP contribution in [0.25, 0.3) is 0 Å². The maximum absolute atomic E-state index is 13.1. The summed E-state index contributed by atoms with van der Waals surface area (Å²) in [6.07, 6.45) is 2.08. The number of sulfonamides is 1. The van der Waals surface area contributed by atoms with Crippen LogP contribution in [0.4, 0.5) is 5.69 Å². The molecule has 1 atom stereocenters. The molecule has 1 fully saturated rings. The second-order valence-corrected chi connectivity index (χ2v) is 10.4. The monoisotopic (exact) mass is 484 g/mol. The molecule has 0 saturated heterocycles. The molecule has 0 spiro atoms. The Labute approximate surface area is 199 Å². The van der Waals surface area contributed by atoms with Gasteiger partial charge in [-0.3, -0.25) is 9.52 Å². The normalized spacial score (nSPS) is 14.6. The number of amides is 1. The van der Waals surface area contributed by atoms with E-state index in [1.807, 2.05) is 20.8 Å². The van der Waals surface area contributed by atoms with Gasteiger partial charge in [-0.25, -0.2) is 8.42 Å². The number of ether oxygens (including phenoxy) is 1. The lowest BCUT2D eigenvalue weighted by molar-refractivity contribution is 0.0913. The first kappa shape index (κ1) is 23.7. The highest BCUT2D eigenvalue weighted by Crippen LogP contribution is 2.38. The van der Waals surface area contributed by atoms with E-state index >= 15 is 0 Å². The lowest BCUT2D eigenvalue weighted by Crippen LogP contribution is -2.32. The Morgan fingerprint density at radius 1 is 1.15 bits per heavy atom. The molecular weight excluding hydrogens is 456 g/mol. The predicted octanol–water partition coefficient (Wildman–Crippen LogP) is 4.19. The summed E-state index contributed by atoms with van der Waals surface area (Å²) in [5, 5.41) is 6.94. The second kappa shape index (κ2) is 9.46. The van der Waals surface area contributed by atoms with Gasteiger partial charge in [-0.05, 0) is 56.0 Å². The summed E-state index contributed by atoms with van der Waals surface area (Å²) in [4.78, 5) is 17.4.